The normalized spacial score (nSPS) is 22.1. The summed E-state index contributed by atoms with van der Waals surface area (Å²) in [5.41, 5.74) is 0.653. The zero-order valence-electron chi connectivity index (χ0n) is 9.06. The van der Waals surface area contributed by atoms with Crippen molar-refractivity contribution in [2.24, 2.45) is 11.3 Å². The molecule has 1 aliphatic rings. The molecule has 0 amide bonds. The molecule has 1 rings (SSSR count). The largest absolute Gasteiger partial charge is 0.483 e. The Labute approximate surface area is 84.9 Å². The maximum Gasteiger partial charge on any atom is 0.290 e. The molecule has 0 saturated heterocycles. The predicted molar refractivity (Wildman–Crippen MR) is 54.2 cm³/mol. The molecule has 4 heteroatoms. The fourth-order valence-electron chi connectivity index (χ4n) is 1.50. The van der Waals surface area contributed by atoms with E-state index in [9.17, 15) is 0 Å². The van der Waals surface area contributed by atoms with Gasteiger partial charge < -0.3 is 10.2 Å². The Morgan fingerprint density at radius 3 is 1.64 bits per heavy atom. The van der Waals surface area contributed by atoms with Gasteiger partial charge in [0.05, 0.1) is 0 Å². The molecule has 0 heterocycles. The van der Waals surface area contributed by atoms with Crippen LogP contribution in [-0.4, -0.2) is 23.2 Å². The number of carbonyl (C=O) groups is 2. The molecule has 14 heavy (non-hydrogen) atoms. The third-order valence-corrected chi connectivity index (χ3v) is 2.79. The van der Waals surface area contributed by atoms with Gasteiger partial charge in [-0.05, 0) is 17.8 Å². The second-order valence-electron chi connectivity index (χ2n) is 3.99. The summed E-state index contributed by atoms with van der Waals surface area (Å²) < 4.78 is 0. The molecule has 1 saturated carbocycles. The summed E-state index contributed by atoms with van der Waals surface area (Å²) in [6.07, 6.45) is 4.34. The summed E-state index contributed by atoms with van der Waals surface area (Å²) in [7, 11) is 0. The molecule has 0 radical (unpaired) electrons. The first-order valence-electron chi connectivity index (χ1n) is 4.62. The first-order chi connectivity index (χ1) is 6.46. The van der Waals surface area contributed by atoms with Gasteiger partial charge in [-0.3, -0.25) is 9.59 Å². The minimum Gasteiger partial charge on any atom is -0.483 e. The molecule has 0 bridgehead atoms. The minimum atomic E-state index is -0.250. The molecule has 4 nitrogen and oxygen atoms in total. The molecule has 84 valence electrons. The van der Waals surface area contributed by atoms with Crippen LogP contribution < -0.4 is 0 Å². The summed E-state index contributed by atoms with van der Waals surface area (Å²) >= 11 is 0. The van der Waals surface area contributed by atoms with E-state index < -0.39 is 0 Å². The number of rotatable bonds is 0. The maximum absolute atomic E-state index is 8.36. The van der Waals surface area contributed by atoms with Crippen molar-refractivity contribution in [2.45, 2.75) is 40.0 Å². The van der Waals surface area contributed by atoms with E-state index in [-0.39, 0.29) is 12.9 Å². The van der Waals surface area contributed by atoms with Crippen molar-refractivity contribution in [1.29, 1.82) is 0 Å². The molecule has 1 aliphatic carbocycles. The Morgan fingerprint density at radius 2 is 1.57 bits per heavy atom. The molecule has 1 fully saturated rings. The molecule has 0 aliphatic heterocycles. The van der Waals surface area contributed by atoms with Crippen molar-refractivity contribution in [1.82, 2.24) is 0 Å². The van der Waals surface area contributed by atoms with Crippen molar-refractivity contribution in [2.75, 3.05) is 0 Å². The van der Waals surface area contributed by atoms with Gasteiger partial charge in [0, 0.05) is 0 Å². The van der Waals surface area contributed by atoms with E-state index >= 15 is 0 Å². The first-order valence-corrected chi connectivity index (χ1v) is 4.62. The molecule has 1 atom stereocenters. The maximum atomic E-state index is 8.36. The molecule has 0 aromatic carbocycles. The van der Waals surface area contributed by atoms with Crippen LogP contribution in [0.5, 0.6) is 0 Å². The Hall–Kier alpha value is -1.06. The van der Waals surface area contributed by atoms with Gasteiger partial charge in [0.15, 0.2) is 0 Å². The van der Waals surface area contributed by atoms with Crippen LogP contribution in [0.4, 0.5) is 0 Å². The van der Waals surface area contributed by atoms with Crippen molar-refractivity contribution in [3.63, 3.8) is 0 Å². The zero-order chi connectivity index (χ0) is 11.6. The van der Waals surface area contributed by atoms with E-state index in [4.69, 9.17) is 19.8 Å². The Bertz CT molecular complexity index is 148. The van der Waals surface area contributed by atoms with E-state index in [1.165, 1.54) is 19.3 Å². The molecule has 1 unspecified atom stereocenters. The Kier molecular flexibility index (Phi) is 9.40. The summed E-state index contributed by atoms with van der Waals surface area (Å²) in [4.78, 5) is 16.7. The van der Waals surface area contributed by atoms with Gasteiger partial charge in [-0.1, -0.05) is 33.6 Å². The molecular weight excluding hydrogens is 184 g/mol. The van der Waals surface area contributed by atoms with Crippen LogP contribution in [0.3, 0.4) is 0 Å². The molecular formula is C10H20O4. The van der Waals surface area contributed by atoms with Gasteiger partial charge in [0.25, 0.3) is 12.9 Å². The van der Waals surface area contributed by atoms with Gasteiger partial charge >= 0.3 is 0 Å². The fraction of sp³-hybridized carbons (Fsp3) is 0.800. The lowest BCUT2D eigenvalue weighted by molar-refractivity contribution is -0.123. The third-order valence-electron chi connectivity index (χ3n) is 2.79. The topological polar surface area (TPSA) is 74.6 Å². The standard InChI is InChI=1S/C8H16.2CH2O2/c1-7-5-4-6-8(7,2)3;2*2-1-3/h7H,4-6H2,1-3H3;2*1H,(H,2,3). The van der Waals surface area contributed by atoms with Gasteiger partial charge in [-0.2, -0.15) is 0 Å². The third kappa shape index (κ3) is 7.58. The SMILES string of the molecule is CC1CCCC1(C)C.O=CO.O=CO. The van der Waals surface area contributed by atoms with E-state index in [2.05, 4.69) is 20.8 Å². The summed E-state index contributed by atoms with van der Waals surface area (Å²) in [6, 6.07) is 0. The highest BCUT2D eigenvalue weighted by molar-refractivity contribution is 5.33. The van der Waals surface area contributed by atoms with Crippen molar-refractivity contribution in [3.05, 3.63) is 0 Å². The van der Waals surface area contributed by atoms with Crippen molar-refractivity contribution in [3.8, 4) is 0 Å². The van der Waals surface area contributed by atoms with Crippen LogP contribution in [0.15, 0.2) is 0 Å². The number of carboxylic acid groups (broad SMARTS) is 2. The predicted octanol–water partition coefficient (Wildman–Crippen LogP) is 2.23. The van der Waals surface area contributed by atoms with Gasteiger partial charge in [-0.25, -0.2) is 0 Å². The molecule has 0 aromatic rings. The highest BCUT2D eigenvalue weighted by Gasteiger charge is 2.30. The van der Waals surface area contributed by atoms with Gasteiger partial charge in [0.1, 0.15) is 0 Å². The average molecular weight is 204 g/mol. The van der Waals surface area contributed by atoms with Crippen LogP contribution in [0.25, 0.3) is 0 Å². The highest BCUT2D eigenvalue weighted by Crippen LogP contribution is 2.41. The van der Waals surface area contributed by atoms with Crippen LogP contribution in [0.2, 0.25) is 0 Å². The second kappa shape index (κ2) is 8.53. The summed E-state index contributed by atoms with van der Waals surface area (Å²) in [6.45, 7) is 6.63. The van der Waals surface area contributed by atoms with Crippen LogP contribution in [-0.2, 0) is 9.59 Å². The molecule has 2 N–H and O–H groups in total. The Morgan fingerprint density at radius 1 is 1.21 bits per heavy atom. The van der Waals surface area contributed by atoms with Gasteiger partial charge in [-0.15, -0.1) is 0 Å². The lowest BCUT2D eigenvalue weighted by atomic mass is 9.83. The lowest BCUT2D eigenvalue weighted by Crippen LogP contribution is -2.13. The van der Waals surface area contributed by atoms with Crippen molar-refractivity contribution < 1.29 is 19.8 Å². The number of hydrogen-bond donors (Lipinski definition) is 2. The summed E-state index contributed by atoms with van der Waals surface area (Å²) in [5.74, 6) is 0.961. The van der Waals surface area contributed by atoms with Crippen molar-refractivity contribution >= 4 is 12.9 Å². The fourth-order valence-corrected chi connectivity index (χ4v) is 1.50. The van der Waals surface area contributed by atoms with Crippen LogP contribution >= 0.6 is 0 Å². The van der Waals surface area contributed by atoms with Crippen LogP contribution in [0.1, 0.15) is 40.0 Å². The van der Waals surface area contributed by atoms with E-state index in [0.717, 1.165) is 5.92 Å². The van der Waals surface area contributed by atoms with E-state index in [1.807, 2.05) is 0 Å². The van der Waals surface area contributed by atoms with Crippen LogP contribution in [0, 0.1) is 11.3 Å². The quantitative estimate of drug-likeness (QED) is 0.593. The molecule has 0 spiro atoms. The monoisotopic (exact) mass is 204 g/mol. The second-order valence-corrected chi connectivity index (χ2v) is 3.99. The highest BCUT2D eigenvalue weighted by atomic mass is 16.3. The number of hydrogen-bond acceptors (Lipinski definition) is 2. The lowest BCUT2D eigenvalue weighted by Gasteiger charge is -2.22. The molecule has 0 aromatic heterocycles. The first kappa shape index (κ1) is 15.4. The minimum absolute atomic E-state index is 0.250. The van der Waals surface area contributed by atoms with E-state index in [0.29, 0.717) is 5.41 Å². The summed E-state index contributed by atoms with van der Waals surface area (Å²) in [5, 5.41) is 13.8. The smallest absolute Gasteiger partial charge is 0.290 e. The Balaban J connectivity index is 0. The zero-order valence-corrected chi connectivity index (χ0v) is 9.06. The van der Waals surface area contributed by atoms with E-state index in [1.54, 1.807) is 0 Å². The van der Waals surface area contributed by atoms with Gasteiger partial charge in [0.2, 0.25) is 0 Å². The average Bonchev–Trinajstić information content (AvgIpc) is 2.33.